The van der Waals surface area contributed by atoms with Crippen molar-refractivity contribution in [2.45, 2.75) is 64.7 Å². The standard InChI is InChI=1S/C20H33BN6O2/c1-4-13-23-19-17(15-25-16(2)26-19)10-6-5-9-14-24-20(28)18-11-7-8-12-21(27-18)29-22-3/h15,18,22,27H,4-5,7-9,11-14H2,1-3H3,(H,24,28)(H,23,25,26). The second-order valence-corrected chi connectivity index (χ2v) is 7.12. The summed E-state index contributed by atoms with van der Waals surface area (Å²) in [6, 6.07) is -0.209. The maximum absolute atomic E-state index is 12.4. The summed E-state index contributed by atoms with van der Waals surface area (Å²) in [4.78, 5) is 21.1. The molecule has 0 radical (unpaired) electrons. The van der Waals surface area contributed by atoms with Gasteiger partial charge in [0.1, 0.15) is 11.6 Å². The van der Waals surface area contributed by atoms with E-state index in [1.807, 2.05) is 6.92 Å². The summed E-state index contributed by atoms with van der Waals surface area (Å²) in [5, 5.41) is 9.57. The zero-order chi connectivity index (χ0) is 20.9. The van der Waals surface area contributed by atoms with Crippen molar-refractivity contribution >= 4 is 18.8 Å². The fourth-order valence-corrected chi connectivity index (χ4v) is 3.12. The molecule has 0 aromatic carbocycles. The number of hydrogen-bond donors (Lipinski definition) is 4. The van der Waals surface area contributed by atoms with Crippen molar-refractivity contribution in [1.82, 2.24) is 26.0 Å². The summed E-state index contributed by atoms with van der Waals surface area (Å²) in [6.07, 6.45) is 8.08. The molecule has 4 N–H and O–H groups in total. The third kappa shape index (κ3) is 8.40. The van der Waals surface area contributed by atoms with E-state index in [2.05, 4.69) is 50.1 Å². The fourth-order valence-electron chi connectivity index (χ4n) is 3.12. The molecule has 2 heterocycles. The minimum Gasteiger partial charge on any atom is -0.369 e. The van der Waals surface area contributed by atoms with Crippen LogP contribution in [0.4, 0.5) is 5.82 Å². The number of unbranched alkanes of at least 4 members (excludes halogenated alkanes) is 1. The predicted octanol–water partition coefficient (Wildman–Crippen LogP) is 1.64. The first-order valence-electron chi connectivity index (χ1n) is 10.6. The van der Waals surface area contributed by atoms with Crippen LogP contribution in [-0.4, -0.2) is 49.1 Å². The van der Waals surface area contributed by atoms with Crippen LogP contribution in [0, 0.1) is 18.8 Å². The molecule has 1 unspecified atom stereocenters. The third-order valence-corrected chi connectivity index (χ3v) is 4.63. The van der Waals surface area contributed by atoms with Crippen LogP contribution >= 0.6 is 0 Å². The van der Waals surface area contributed by atoms with Crippen LogP contribution in [0.1, 0.15) is 56.8 Å². The van der Waals surface area contributed by atoms with E-state index in [1.165, 1.54) is 0 Å². The van der Waals surface area contributed by atoms with Crippen molar-refractivity contribution in [3.05, 3.63) is 17.6 Å². The van der Waals surface area contributed by atoms with E-state index in [9.17, 15) is 4.79 Å². The minimum absolute atomic E-state index is 0.0301. The lowest BCUT2D eigenvalue weighted by molar-refractivity contribution is -0.122. The summed E-state index contributed by atoms with van der Waals surface area (Å²) >= 11 is 0. The molecule has 1 amide bonds. The molecule has 1 atom stereocenters. The van der Waals surface area contributed by atoms with E-state index >= 15 is 0 Å². The Morgan fingerprint density at radius 3 is 3.07 bits per heavy atom. The molecule has 1 saturated heterocycles. The number of nitrogens with one attached hydrogen (secondary N) is 4. The molecule has 0 bridgehead atoms. The van der Waals surface area contributed by atoms with E-state index in [-0.39, 0.29) is 19.0 Å². The van der Waals surface area contributed by atoms with Crippen LogP contribution < -0.4 is 21.3 Å². The van der Waals surface area contributed by atoms with Crippen molar-refractivity contribution in [3.63, 3.8) is 0 Å². The van der Waals surface area contributed by atoms with Crippen molar-refractivity contribution in [2.24, 2.45) is 0 Å². The molecule has 1 aromatic rings. The van der Waals surface area contributed by atoms with Gasteiger partial charge >= 0.3 is 7.05 Å². The number of hydroxylamine groups is 1. The Morgan fingerprint density at radius 1 is 1.41 bits per heavy atom. The Balaban J connectivity index is 1.75. The van der Waals surface area contributed by atoms with Gasteiger partial charge in [0.2, 0.25) is 5.91 Å². The second-order valence-electron chi connectivity index (χ2n) is 7.12. The maximum atomic E-state index is 12.4. The third-order valence-electron chi connectivity index (χ3n) is 4.63. The number of nitrogens with zero attached hydrogens (tertiary/aromatic N) is 2. The van der Waals surface area contributed by atoms with Crippen molar-refractivity contribution in [3.8, 4) is 11.8 Å². The van der Waals surface area contributed by atoms with Gasteiger partial charge in [0.15, 0.2) is 0 Å². The number of carbonyl (C=O) groups is 1. The average Bonchev–Trinajstić information content (AvgIpc) is 2.96. The lowest BCUT2D eigenvalue weighted by Gasteiger charge is -2.19. The lowest BCUT2D eigenvalue weighted by atomic mass is 9.77. The zero-order valence-corrected chi connectivity index (χ0v) is 17.8. The second kappa shape index (κ2) is 13.1. The molecule has 8 nitrogen and oxygen atoms in total. The van der Waals surface area contributed by atoms with E-state index in [1.54, 1.807) is 13.2 Å². The molecule has 0 aliphatic carbocycles. The van der Waals surface area contributed by atoms with Gasteiger partial charge < -0.3 is 20.6 Å². The van der Waals surface area contributed by atoms with Crippen molar-refractivity contribution < 1.29 is 9.55 Å². The Kier molecular flexibility index (Phi) is 10.5. The highest BCUT2D eigenvalue weighted by molar-refractivity contribution is 6.49. The smallest absolute Gasteiger partial charge is 0.369 e. The maximum Gasteiger partial charge on any atom is 0.401 e. The van der Waals surface area contributed by atoms with Gasteiger partial charge in [0.05, 0.1) is 11.6 Å². The lowest BCUT2D eigenvalue weighted by Crippen LogP contribution is -2.51. The summed E-state index contributed by atoms with van der Waals surface area (Å²) in [5.74, 6) is 7.85. The SMILES string of the molecule is CCCNc1nc(C)ncc1C#CCCCNC(=O)C1CCCCB(ONC)N1. The Morgan fingerprint density at radius 2 is 2.28 bits per heavy atom. The molecule has 0 spiro atoms. The molecular formula is C20H33BN6O2. The van der Waals surface area contributed by atoms with Gasteiger partial charge in [-0.05, 0) is 32.5 Å². The number of carbonyl (C=O) groups excluding carboxylic acids is 1. The van der Waals surface area contributed by atoms with E-state index in [0.29, 0.717) is 13.0 Å². The Bertz CT molecular complexity index is 706. The molecular weight excluding hydrogens is 367 g/mol. The molecule has 2 rings (SSSR count). The molecule has 158 valence electrons. The number of aromatic nitrogens is 2. The van der Waals surface area contributed by atoms with Crippen LogP contribution in [0.3, 0.4) is 0 Å². The average molecular weight is 400 g/mol. The van der Waals surface area contributed by atoms with Crippen molar-refractivity contribution in [1.29, 1.82) is 0 Å². The quantitative estimate of drug-likeness (QED) is 0.216. The number of aryl methyl sites for hydroxylation is 1. The highest BCUT2D eigenvalue weighted by Crippen LogP contribution is 2.13. The van der Waals surface area contributed by atoms with Crippen LogP contribution in [0.25, 0.3) is 0 Å². The first-order chi connectivity index (χ1) is 14.1. The summed E-state index contributed by atoms with van der Waals surface area (Å²) in [6.45, 7) is 5.44. The van der Waals surface area contributed by atoms with Crippen LogP contribution in [0.15, 0.2) is 6.20 Å². The van der Waals surface area contributed by atoms with E-state index < -0.39 is 0 Å². The van der Waals surface area contributed by atoms with Gasteiger partial charge in [-0.3, -0.25) is 4.79 Å². The Hall–Kier alpha value is -2.15. The van der Waals surface area contributed by atoms with E-state index in [4.69, 9.17) is 4.76 Å². The van der Waals surface area contributed by atoms with Gasteiger partial charge in [-0.15, -0.1) is 0 Å². The monoisotopic (exact) mass is 400 g/mol. The highest BCUT2D eigenvalue weighted by atomic mass is 16.6. The van der Waals surface area contributed by atoms with Gasteiger partial charge in [-0.1, -0.05) is 31.6 Å². The molecule has 0 saturated carbocycles. The van der Waals surface area contributed by atoms with Gasteiger partial charge in [0.25, 0.3) is 0 Å². The molecule has 9 heteroatoms. The fraction of sp³-hybridized carbons (Fsp3) is 0.650. The van der Waals surface area contributed by atoms with E-state index in [0.717, 1.165) is 62.2 Å². The topological polar surface area (TPSA) is 100 Å². The first kappa shape index (κ1) is 23.1. The van der Waals surface area contributed by atoms with Gasteiger partial charge in [-0.2, -0.15) is 0 Å². The van der Waals surface area contributed by atoms with Crippen LogP contribution in [0.5, 0.6) is 0 Å². The minimum atomic E-state index is -0.209. The molecule has 29 heavy (non-hydrogen) atoms. The number of anilines is 1. The first-order valence-corrected chi connectivity index (χ1v) is 10.6. The normalized spacial score (nSPS) is 16.5. The zero-order valence-electron chi connectivity index (χ0n) is 17.8. The molecule has 1 aliphatic rings. The number of hydrogen-bond acceptors (Lipinski definition) is 7. The highest BCUT2D eigenvalue weighted by Gasteiger charge is 2.28. The number of rotatable bonds is 9. The van der Waals surface area contributed by atoms with Crippen LogP contribution in [-0.2, 0) is 9.55 Å². The van der Waals surface area contributed by atoms with Gasteiger partial charge in [0, 0.05) is 32.8 Å². The Labute approximate surface area is 174 Å². The summed E-state index contributed by atoms with van der Waals surface area (Å²) in [5.41, 5.74) is 3.51. The van der Waals surface area contributed by atoms with Crippen molar-refractivity contribution in [2.75, 3.05) is 25.5 Å². The van der Waals surface area contributed by atoms with Gasteiger partial charge in [-0.25, -0.2) is 15.4 Å². The molecule has 1 fully saturated rings. The largest absolute Gasteiger partial charge is 0.401 e. The summed E-state index contributed by atoms with van der Waals surface area (Å²) < 4.78 is 5.41. The molecule has 1 aromatic heterocycles. The predicted molar refractivity (Wildman–Crippen MR) is 116 cm³/mol. The summed E-state index contributed by atoms with van der Waals surface area (Å²) in [7, 11) is 1.60. The molecule has 1 aliphatic heterocycles. The number of amides is 1. The van der Waals surface area contributed by atoms with Crippen LogP contribution in [0.2, 0.25) is 6.32 Å².